The predicted octanol–water partition coefficient (Wildman–Crippen LogP) is 3.65. The summed E-state index contributed by atoms with van der Waals surface area (Å²) in [6.07, 6.45) is 2.47. The third-order valence-corrected chi connectivity index (χ3v) is 5.43. The predicted molar refractivity (Wildman–Crippen MR) is 91.0 cm³/mol. The molecule has 4 nitrogen and oxygen atoms in total. The van der Waals surface area contributed by atoms with Crippen molar-refractivity contribution in [2.45, 2.75) is 25.3 Å². The van der Waals surface area contributed by atoms with E-state index < -0.39 is 0 Å². The Hall–Kier alpha value is -2.05. The molecule has 3 N–H and O–H groups in total. The summed E-state index contributed by atoms with van der Waals surface area (Å²) in [5.41, 5.74) is 6.68. The van der Waals surface area contributed by atoms with Crippen molar-refractivity contribution < 1.29 is 9.18 Å². The molecule has 2 atom stereocenters. The van der Waals surface area contributed by atoms with Crippen molar-refractivity contribution in [3.05, 3.63) is 36.1 Å². The van der Waals surface area contributed by atoms with Gasteiger partial charge in [-0.3, -0.25) is 4.79 Å². The molecule has 1 aliphatic rings. The second-order valence-corrected chi connectivity index (χ2v) is 7.06. The molecule has 0 spiro atoms. The van der Waals surface area contributed by atoms with Gasteiger partial charge in [0, 0.05) is 17.3 Å². The molecule has 1 fully saturated rings. The molecule has 6 heteroatoms. The highest BCUT2D eigenvalue weighted by Gasteiger charge is 2.28. The van der Waals surface area contributed by atoms with E-state index >= 15 is 0 Å². The quantitative estimate of drug-likeness (QED) is 0.754. The largest absolute Gasteiger partial charge is 0.328 e. The van der Waals surface area contributed by atoms with E-state index in [0.717, 1.165) is 40.3 Å². The Balaban J connectivity index is 1.66. The number of carbonyl (C=O) groups is 1. The molecule has 0 aliphatic heterocycles. The number of benzene rings is 2. The molecule has 0 radical (unpaired) electrons. The topological polar surface area (TPSA) is 68.0 Å². The number of halogens is 1. The van der Waals surface area contributed by atoms with Gasteiger partial charge in [-0.25, -0.2) is 9.37 Å². The Morgan fingerprint density at radius 3 is 2.96 bits per heavy atom. The number of thiazole rings is 1. The number of hydrogen-bond donors (Lipinski definition) is 2. The van der Waals surface area contributed by atoms with Crippen LogP contribution in [0.3, 0.4) is 0 Å². The first-order valence-corrected chi connectivity index (χ1v) is 8.47. The lowest BCUT2D eigenvalue weighted by atomic mass is 10.1. The lowest BCUT2D eigenvalue weighted by molar-refractivity contribution is -0.119. The van der Waals surface area contributed by atoms with Crippen LogP contribution < -0.4 is 11.1 Å². The van der Waals surface area contributed by atoms with Gasteiger partial charge in [0.15, 0.2) is 5.13 Å². The van der Waals surface area contributed by atoms with E-state index in [0.29, 0.717) is 5.13 Å². The SMILES string of the molecule is N[C@@H]1CC[C@H](C(=O)Nc2nc3ccc4cc(F)ccc4c3s2)C1. The van der Waals surface area contributed by atoms with Gasteiger partial charge in [0.1, 0.15) is 5.82 Å². The first-order valence-electron chi connectivity index (χ1n) is 7.65. The van der Waals surface area contributed by atoms with Crippen LogP contribution in [0, 0.1) is 11.7 Å². The number of nitrogens with two attached hydrogens (primary N) is 1. The van der Waals surface area contributed by atoms with Gasteiger partial charge in [-0.05, 0) is 48.9 Å². The molecule has 0 unspecified atom stereocenters. The van der Waals surface area contributed by atoms with Crippen LogP contribution in [0.2, 0.25) is 0 Å². The third kappa shape index (κ3) is 2.68. The molecule has 1 aliphatic carbocycles. The zero-order chi connectivity index (χ0) is 16.0. The molecule has 0 saturated heterocycles. The fourth-order valence-corrected chi connectivity index (χ4v) is 4.20. The van der Waals surface area contributed by atoms with Gasteiger partial charge in [-0.1, -0.05) is 17.4 Å². The molecule has 1 aromatic heterocycles. The van der Waals surface area contributed by atoms with Gasteiger partial charge < -0.3 is 11.1 Å². The van der Waals surface area contributed by atoms with E-state index in [9.17, 15) is 9.18 Å². The Morgan fingerprint density at radius 1 is 1.30 bits per heavy atom. The molecule has 4 rings (SSSR count). The van der Waals surface area contributed by atoms with Crippen LogP contribution >= 0.6 is 11.3 Å². The van der Waals surface area contributed by atoms with Crippen molar-refractivity contribution in [2.24, 2.45) is 11.7 Å². The maximum absolute atomic E-state index is 13.3. The summed E-state index contributed by atoms with van der Waals surface area (Å²) in [4.78, 5) is 16.8. The van der Waals surface area contributed by atoms with E-state index in [1.54, 1.807) is 6.07 Å². The molecule has 1 saturated carbocycles. The molecular formula is C17H16FN3OS. The van der Waals surface area contributed by atoms with Crippen molar-refractivity contribution in [1.82, 2.24) is 4.98 Å². The van der Waals surface area contributed by atoms with Crippen molar-refractivity contribution >= 4 is 43.4 Å². The Bertz CT molecular complexity index is 907. The lowest BCUT2D eigenvalue weighted by Gasteiger charge is -2.07. The highest BCUT2D eigenvalue weighted by atomic mass is 32.1. The van der Waals surface area contributed by atoms with Crippen LogP contribution in [0.4, 0.5) is 9.52 Å². The number of carbonyl (C=O) groups excluding carboxylic acids is 1. The average Bonchev–Trinajstić information content (AvgIpc) is 3.12. The first-order chi connectivity index (χ1) is 11.1. The lowest BCUT2D eigenvalue weighted by Crippen LogP contribution is -2.23. The summed E-state index contributed by atoms with van der Waals surface area (Å²) in [7, 11) is 0. The summed E-state index contributed by atoms with van der Waals surface area (Å²) < 4.78 is 14.3. The minimum atomic E-state index is -0.257. The molecule has 0 bridgehead atoms. The van der Waals surface area contributed by atoms with Crippen LogP contribution in [0.15, 0.2) is 30.3 Å². The fraction of sp³-hybridized carbons (Fsp3) is 0.294. The molecule has 1 heterocycles. The number of nitrogens with zero attached hydrogens (tertiary/aromatic N) is 1. The fourth-order valence-electron chi connectivity index (χ4n) is 3.20. The van der Waals surface area contributed by atoms with Crippen molar-refractivity contribution in [2.75, 3.05) is 5.32 Å². The van der Waals surface area contributed by atoms with Gasteiger partial charge in [0.25, 0.3) is 0 Å². The highest BCUT2D eigenvalue weighted by molar-refractivity contribution is 7.23. The standard InChI is InChI=1S/C17H16FN3OS/c18-11-3-5-13-9(7-11)2-6-14-15(13)23-17(20-14)21-16(22)10-1-4-12(19)8-10/h2-3,5-7,10,12H,1,4,8,19H2,(H,20,21,22)/t10-,12+/m0/s1. The minimum absolute atomic E-state index is 0.00708. The first kappa shape index (κ1) is 14.5. The Kier molecular flexibility index (Phi) is 3.50. The van der Waals surface area contributed by atoms with Crippen LogP contribution in [0.25, 0.3) is 21.0 Å². The normalized spacial score (nSPS) is 21.1. The van der Waals surface area contributed by atoms with Gasteiger partial charge >= 0.3 is 0 Å². The maximum Gasteiger partial charge on any atom is 0.229 e. The molecule has 3 aromatic rings. The average molecular weight is 329 g/mol. The second kappa shape index (κ2) is 5.54. The molecule has 118 valence electrons. The van der Waals surface area contributed by atoms with E-state index in [2.05, 4.69) is 10.3 Å². The van der Waals surface area contributed by atoms with Gasteiger partial charge in [0.05, 0.1) is 10.2 Å². The summed E-state index contributed by atoms with van der Waals surface area (Å²) in [6.45, 7) is 0. The van der Waals surface area contributed by atoms with Crippen LogP contribution in [0.5, 0.6) is 0 Å². The number of anilines is 1. The number of hydrogen-bond acceptors (Lipinski definition) is 4. The van der Waals surface area contributed by atoms with Crippen molar-refractivity contribution in [3.63, 3.8) is 0 Å². The Morgan fingerprint density at radius 2 is 2.17 bits per heavy atom. The third-order valence-electron chi connectivity index (χ3n) is 4.41. The summed E-state index contributed by atoms with van der Waals surface area (Å²) >= 11 is 1.42. The zero-order valence-corrected chi connectivity index (χ0v) is 13.2. The van der Waals surface area contributed by atoms with Gasteiger partial charge in [0.2, 0.25) is 5.91 Å². The van der Waals surface area contributed by atoms with Crippen molar-refractivity contribution in [1.29, 1.82) is 0 Å². The molecular weight excluding hydrogens is 313 g/mol. The number of nitrogens with one attached hydrogen (secondary N) is 1. The number of fused-ring (bicyclic) bond motifs is 3. The van der Waals surface area contributed by atoms with Crippen molar-refractivity contribution in [3.8, 4) is 0 Å². The van der Waals surface area contributed by atoms with Crippen LogP contribution in [0.1, 0.15) is 19.3 Å². The molecule has 2 aromatic carbocycles. The highest BCUT2D eigenvalue weighted by Crippen LogP contribution is 2.34. The van der Waals surface area contributed by atoms with Crippen LogP contribution in [-0.2, 0) is 4.79 Å². The summed E-state index contributed by atoms with van der Waals surface area (Å²) in [5, 5.41) is 5.28. The summed E-state index contributed by atoms with van der Waals surface area (Å²) in [5.74, 6) is -0.289. The number of aromatic nitrogens is 1. The van der Waals surface area contributed by atoms with E-state index in [1.807, 2.05) is 12.1 Å². The van der Waals surface area contributed by atoms with Crippen LogP contribution in [-0.4, -0.2) is 16.9 Å². The monoisotopic (exact) mass is 329 g/mol. The Labute approximate surface area is 136 Å². The minimum Gasteiger partial charge on any atom is -0.328 e. The summed E-state index contributed by atoms with van der Waals surface area (Å²) in [6, 6.07) is 8.54. The van der Waals surface area contributed by atoms with E-state index in [-0.39, 0.29) is 23.7 Å². The zero-order valence-electron chi connectivity index (χ0n) is 12.4. The maximum atomic E-state index is 13.3. The smallest absolute Gasteiger partial charge is 0.229 e. The molecule has 1 amide bonds. The second-order valence-electron chi connectivity index (χ2n) is 6.06. The van der Waals surface area contributed by atoms with E-state index in [1.165, 1.54) is 23.5 Å². The number of rotatable bonds is 2. The van der Waals surface area contributed by atoms with Gasteiger partial charge in [-0.15, -0.1) is 0 Å². The van der Waals surface area contributed by atoms with Gasteiger partial charge in [-0.2, -0.15) is 0 Å². The van der Waals surface area contributed by atoms with E-state index in [4.69, 9.17) is 5.73 Å². The molecule has 23 heavy (non-hydrogen) atoms. The number of amides is 1.